The van der Waals surface area contributed by atoms with Crippen LogP contribution in [0.3, 0.4) is 0 Å². The van der Waals surface area contributed by atoms with Crippen LogP contribution < -0.4 is 0 Å². The van der Waals surface area contributed by atoms with Gasteiger partial charge in [0.1, 0.15) is 11.4 Å². The smallest absolute Gasteiger partial charge is 0.310 e. The highest BCUT2D eigenvalue weighted by Crippen LogP contribution is 2.38. The van der Waals surface area contributed by atoms with E-state index in [0.29, 0.717) is 30.7 Å². The van der Waals surface area contributed by atoms with E-state index in [4.69, 9.17) is 0 Å². The van der Waals surface area contributed by atoms with Crippen molar-refractivity contribution in [2.24, 2.45) is 5.41 Å². The van der Waals surface area contributed by atoms with Gasteiger partial charge in [0.2, 0.25) is 0 Å². The molecule has 1 aliphatic rings. The minimum Gasteiger partial charge on any atom is -0.481 e. The molecule has 0 aliphatic heterocycles. The first-order valence-corrected chi connectivity index (χ1v) is 6.69. The van der Waals surface area contributed by atoms with Crippen molar-refractivity contribution in [3.63, 3.8) is 0 Å². The summed E-state index contributed by atoms with van der Waals surface area (Å²) in [4.78, 5) is 11.8. The van der Waals surface area contributed by atoms with E-state index in [1.165, 1.54) is 5.56 Å². The van der Waals surface area contributed by atoms with Gasteiger partial charge in [-0.25, -0.2) is 4.63 Å². The van der Waals surface area contributed by atoms with E-state index >= 15 is 0 Å². The van der Waals surface area contributed by atoms with Gasteiger partial charge in [-0.3, -0.25) is 4.79 Å². The number of nitrogens with zero attached hydrogens (tertiary/aromatic N) is 2. The summed E-state index contributed by atoms with van der Waals surface area (Å²) in [6.45, 7) is 1.79. The van der Waals surface area contributed by atoms with Gasteiger partial charge in [0, 0.05) is 6.42 Å². The Morgan fingerprint density at radius 2 is 2.10 bits per heavy atom. The summed E-state index contributed by atoms with van der Waals surface area (Å²) in [5, 5.41) is 17.3. The number of aliphatic carboxylic acids is 1. The maximum atomic E-state index is 11.8. The number of fused-ring (bicyclic) bond motifs is 1. The molecule has 20 heavy (non-hydrogen) atoms. The highest BCUT2D eigenvalue weighted by molar-refractivity contribution is 5.76. The van der Waals surface area contributed by atoms with Crippen molar-refractivity contribution in [3.8, 4) is 0 Å². The number of aromatic nitrogens is 2. The van der Waals surface area contributed by atoms with Crippen molar-refractivity contribution >= 4 is 5.97 Å². The molecule has 1 N–H and O–H groups in total. The summed E-state index contributed by atoms with van der Waals surface area (Å²) in [6.07, 6.45) is 2.30. The molecule has 1 aliphatic carbocycles. The molecule has 1 atom stereocenters. The molecule has 0 saturated heterocycles. The Balaban J connectivity index is 1.95. The van der Waals surface area contributed by atoms with Crippen LogP contribution >= 0.6 is 0 Å². The zero-order valence-electron chi connectivity index (χ0n) is 11.3. The Labute approximate surface area is 116 Å². The fourth-order valence-electron chi connectivity index (χ4n) is 2.94. The highest BCUT2D eigenvalue weighted by Gasteiger charge is 2.42. The zero-order chi connectivity index (χ0) is 14.2. The average molecular weight is 272 g/mol. The number of hydrogen-bond acceptors (Lipinski definition) is 4. The van der Waals surface area contributed by atoms with Crippen LogP contribution in [0.5, 0.6) is 0 Å². The van der Waals surface area contributed by atoms with Gasteiger partial charge in [0.25, 0.3) is 0 Å². The van der Waals surface area contributed by atoms with Crippen molar-refractivity contribution < 1.29 is 14.5 Å². The lowest BCUT2D eigenvalue weighted by molar-refractivity contribution is -0.149. The van der Waals surface area contributed by atoms with E-state index in [2.05, 4.69) is 21.0 Å². The molecule has 0 radical (unpaired) electrons. The second kappa shape index (κ2) is 4.74. The predicted molar refractivity (Wildman–Crippen MR) is 71.3 cm³/mol. The SMILES string of the molecule is Cc1nonc1CC1(C(=O)O)CCc2ccccc2C1. The fraction of sp³-hybridized carbons (Fsp3) is 0.400. The Bertz CT molecular complexity index is 650. The molecule has 5 nitrogen and oxygen atoms in total. The third kappa shape index (κ3) is 2.09. The first kappa shape index (κ1) is 12.8. The van der Waals surface area contributed by atoms with Crippen molar-refractivity contribution in [2.45, 2.75) is 32.6 Å². The zero-order valence-corrected chi connectivity index (χ0v) is 11.3. The fourth-order valence-corrected chi connectivity index (χ4v) is 2.94. The van der Waals surface area contributed by atoms with Crippen LogP contribution in [0.2, 0.25) is 0 Å². The second-order valence-corrected chi connectivity index (χ2v) is 5.50. The van der Waals surface area contributed by atoms with Gasteiger partial charge in [-0.1, -0.05) is 34.6 Å². The summed E-state index contributed by atoms with van der Waals surface area (Å²) in [7, 11) is 0. The van der Waals surface area contributed by atoms with Gasteiger partial charge >= 0.3 is 5.97 Å². The number of carboxylic acid groups (broad SMARTS) is 1. The Morgan fingerprint density at radius 3 is 2.75 bits per heavy atom. The number of hydrogen-bond donors (Lipinski definition) is 1. The predicted octanol–water partition coefficient (Wildman–Crippen LogP) is 2.18. The molecule has 0 bridgehead atoms. The van der Waals surface area contributed by atoms with E-state index in [1.807, 2.05) is 18.2 Å². The van der Waals surface area contributed by atoms with E-state index in [1.54, 1.807) is 6.92 Å². The molecule has 0 spiro atoms. The Morgan fingerprint density at radius 1 is 1.35 bits per heavy atom. The van der Waals surface area contributed by atoms with Crippen molar-refractivity contribution in [1.29, 1.82) is 0 Å². The van der Waals surface area contributed by atoms with E-state index < -0.39 is 11.4 Å². The van der Waals surface area contributed by atoms with Gasteiger partial charge < -0.3 is 5.11 Å². The average Bonchev–Trinajstić information content (AvgIpc) is 2.84. The maximum absolute atomic E-state index is 11.8. The van der Waals surface area contributed by atoms with E-state index in [0.717, 1.165) is 12.0 Å². The molecule has 5 heteroatoms. The number of carboxylic acids is 1. The molecule has 0 amide bonds. The van der Waals surface area contributed by atoms with Crippen LogP contribution in [0.1, 0.15) is 28.9 Å². The van der Waals surface area contributed by atoms with Gasteiger partial charge in [-0.15, -0.1) is 0 Å². The standard InChI is InChI=1S/C15H16N2O3/c1-10-13(17-20-16-10)9-15(14(18)19)7-6-11-4-2-3-5-12(11)8-15/h2-5H,6-9H2,1H3,(H,18,19). The molecule has 3 rings (SSSR count). The molecule has 1 aromatic carbocycles. The summed E-state index contributed by atoms with van der Waals surface area (Å²) in [5.74, 6) is -0.769. The molecule has 1 aromatic heterocycles. The Hall–Kier alpha value is -2.17. The van der Waals surface area contributed by atoms with Gasteiger partial charge in [0.15, 0.2) is 0 Å². The third-order valence-electron chi connectivity index (χ3n) is 4.23. The van der Waals surface area contributed by atoms with Crippen LogP contribution in [0.15, 0.2) is 28.9 Å². The quantitative estimate of drug-likeness (QED) is 0.926. The first-order chi connectivity index (χ1) is 9.61. The largest absolute Gasteiger partial charge is 0.481 e. The summed E-state index contributed by atoms with van der Waals surface area (Å²) >= 11 is 0. The number of benzene rings is 1. The van der Waals surface area contributed by atoms with Crippen LogP contribution in [0, 0.1) is 12.3 Å². The van der Waals surface area contributed by atoms with Gasteiger partial charge in [-0.2, -0.15) is 0 Å². The third-order valence-corrected chi connectivity index (χ3v) is 4.23. The summed E-state index contributed by atoms with van der Waals surface area (Å²) in [5.41, 5.74) is 2.88. The number of aryl methyl sites for hydroxylation is 2. The van der Waals surface area contributed by atoms with Crippen molar-refractivity contribution in [1.82, 2.24) is 10.3 Å². The summed E-state index contributed by atoms with van der Waals surface area (Å²) in [6, 6.07) is 8.04. The Kier molecular flexibility index (Phi) is 3.04. The highest BCUT2D eigenvalue weighted by atomic mass is 16.6. The molecular formula is C15H16N2O3. The van der Waals surface area contributed by atoms with Crippen LogP contribution in [-0.2, 0) is 24.1 Å². The maximum Gasteiger partial charge on any atom is 0.310 e. The van der Waals surface area contributed by atoms with Gasteiger partial charge in [-0.05, 0) is 37.3 Å². The lowest BCUT2D eigenvalue weighted by Crippen LogP contribution is -2.39. The minimum atomic E-state index is -0.808. The topological polar surface area (TPSA) is 76.2 Å². The lowest BCUT2D eigenvalue weighted by atomic mass is 9.69. The summed E-state index contributed by atoms with van der Waals surface area (Å²) < 4.78 is 4.69. The molecule has 2 aromatic rings. The molecule has 0 saturated carbocycles. The normalized spacial score (nSPS) is 21.4. The number of rotatable bonds is 3. The molecule has 104 valence electrons. The minimum absolute atomic E-state index is 0.367. The van der Waals surface area contributed by atoms with Crippen molar-refractivity contribution in [3.05, 3.63) is 46.8 Å². The molecule has 0 fully saturated rings. The first-order valence-electron chi connectivity index (χ1n) is 6.69. The van der Waals surface area contributed by atoms with Gasteiger partial charge in [0.05, 0.1) is 5.41 Å². The lowest BCUT2D eigenvalue weighted by Gasteiger charge is -2.34. The van der Waals surface area contributed by atoms with Crippen LogP contribution in [0.25, 0.3) is 0 Å². The van der Waals surface area contributed by atoms with E-state index in [9.17, 15) is 9.90 Å². The van der Waals surface area contributed by atoms with E-state index in [-0.39, 0.29) is 0 Å². The molecular weight excluding hydrogens is 256 g/mol. The van der Waals surface area contributed by atoms with Crippen molar-refractivity contribution in [2.75, 3.05) is 0 Å². The van der Waals surface area contributed by atoms with Crippen LogP contribution in [-0.4, -0.2) is 21.4 Å². The number of carbonyl (C=O) groups is 1. The second-order valence-electron chi connectivity index (χ2n) is 5.50. The molecule has 1 unspecified atom stereocenters. The monoisotopic (exact) mass is 272 g/mol. The molecule has 1 heterocycles. The van der Waals surface area contributed by atoms with Crippen LogP contribution in [0.4, 0.5) is 0 Å².